The van der Waals surface area contributed by atoms with E-state index in [2.05, 4.69) is 23.7 Å². The second kappa shape index (κ2) is 11.2. The van der Waals surface area contributed by atoms with Gasteiger partial charge in [-0.05, 0) is 86.7 Å². The van der Waals surface area contributed by atoms with Crippen molar-refractivity contribution in [2.24, 2.45) is 5.92 Å². The number of carbonyl (C=O) groups excluding carboxylic acids is 1. The molecule has 1 aliphatic heterocycles. The number of amides is 1. The minimum Gasteiger partial charge on any atom is -0.459 e. The van der Waals surface area contributed by atoms with Gasteiger partial charge >= 0.3 is 0 Å². The molecule has 0 N–H and O–H groups in total. The molecule has 0 radical (unpaired) electrons. The Morgan fingerprint density at radius 3 is 2.50 bits per heavy atom. The van der Waals surface area contributed by atoms with E-state index in [1.54, 1.807) is 6.20 Å². The minimum atomic E-state index is -0.0370. The molecule has 180 valence electrons. The van der Waals surface area contributed by atoms with E-state index in [0.29, 0.717) is 23.2 Å². The number of furan rings is 1. The number of pyridine rings is 1. The number of rotatable bonds is 8. The van der Waals surface area contributed by atoms with Crippen molar-refractivity contribution >= 4 is 17.5 Å². The van der Waals surface area contributed by atoms with Crippen molar-refractivity contribution in [2.75, 3.05) is 19.6 Å². The maximum Gasteiger partial charge on any atom is 0.273 e. The Hall–Kier alpha value is -2.63. The molecule has 0 atom stereocenters. The van der Waals surface area contributed by atoms with Crippen LogP contribution in [0.2, 0.25) is 5.02 Å². The van der Waals surface area contributed by atoms with Crippen molar-refractivity contribution < 1.29 is 9.21 Å². The predicted molar refractivity (Wildman–Crippen MR) is 137 cm³/mol. The third-order valence-electron chi connectivity index (χ3n) is 6.53. The highest BCUT2D eigenvalue weighted by molar-refractivity contribution is 6.30. The molecular formula is C28H34ClN3O2. The highest BCUT2D eigenvalue weighted by atomic mass is 35.5. The fourth-order valence-corrected chi connectivity index (χ4v) is 4.53. The third-order valence-corrected chi connectivity index (χ3v) is 6.78. The lowest BCUT2D eigenvalue weighted by molar-refractivity contribution is 0.0522. The molecular weight excluding hydrogens is 446 g/mol. The normalized spacial score (nSPS) is 15.1. The van der Waals surface area contributed by atoms with Crippen molar-refractivity contribution in [3.63, 3.8) is 0 Å². The molecule has 1 amide bonds. The number of hydrogen-bond acceptors (Lipinski definition) is 4. The molecule has 1 aromatic carbocycles. The summed E-state index contributed by atoms with van der Waals surface area (Å²) in [4.78, 5) is 22.5. The van der Waals surface area contributed by atoms with E-state index in [1.807, 2.05) is 60.4 Å². The molecule has 1 saturated heterocycles. The molecule has 0 spiro atoms. The Morgan fingerprint density at radius 1 is 1.12 bits per heavy atom. The minimum absolute atomic E-state index is 0.0370. The Balaban J connectivity index is 1.51. The highest BCUT2D eigenvalue weighted by Gasteiger charge is 2.30. The van der Waals surface area contributed by atoms with Crippen LogP contribution >= 0.6 is 11.6 Å². The first-order chi connectivity index (χ1) is 16.4. The van der Waals surface area contributed by atoms with Crippen molar-refractivity contribution in [3.05, 3.63) is 76.8 Å². The third kappa shape index (κ3) is 6.28. The van der Waals surface area contributed by atoms with E-state index in [9.17, 15) is 4.79 Å². The summed E-state index contributed by atoms with van der Waals surface area (Å²) in [5.74, 6) is 2.21. The van der Waals surface area contributed by atoms with E-state index in [1.165, 1.54) is 6.42 Å². The average Bonchev–Trinajstić information content (AvgIpc) is 3.31. The highest BCUT2D eigenvalue weighted by Crippen LogP contribution is 2.27. The summed E-state index contributed by atoms with van der Waals surface area (Å²) in [7, 11) is 0. The largest absolute Gasteiger partial charge is 0.459 e. The molecule has 0 saturated carbocycles. The van der Waals surface area contributed by atoms with Crippen LogP contribution in [0.3, 0.4) is 0 Å². The summed E-state index contributed by atoms with van der Waals surface area (Å²) >= 11 is 6.02. The van der Waals surface area contributed by atoms with Crippen LogP contribution in [0.25, 0.3) is 11.3 Å². The molecule has 2 aromatic heterocycles. The zero-order chi connectivity index (χ0) is 24.1. The smallest absolute Gasteiger partial charge is 0.273 e. The number of aryl methyl sites for hydroxylation is 1. The van der Waals surface area contributed by atoms with E-state index in [-0.39, 0.29) is 11.9 Å². The van der Waals surface area contributed by atoms with E-state index < -0.39 is 0 Å². The SMILES string of the molecule is Cc1ccc(C(=O)N(Cc2ccc(-c3ccc(Cl)cc3)o2)C2CCN(CCC(C)C)CC2)nc1. The monoisotopic (exact) mass is 479 g/mol. The number of nitrogens with zero attached hydrogens (tertiary/aromatic N) is 3. The lowest BCUT2D eigenvalue weighted by atomic mass is 10.0. The van der Waals surface area contributed by atoms with Crippen molar-refractivity contribution in [2.45, 2.75) is 52.6 Å². The average molecular weight is 480 g/mol. The number of halogens is 1. The summed E-state index contributed by atoms with van der Waals surface area (Å²) < 4.78 is 6.15. The van der Waals surface area contributed by atoms with Gasteiger partial charge in [-0.2, -0.15) is 0 Å². The molecule has 0 unspecified atom stereocenters. The fraction of sp³-hybridized carbons (Fsp3) is 0.429. The van der Waals surface area contributed by atoms with Crippen molar-refractivity contribution in [1.82, 2.24) is 14.8 Å². The summed E-state index contributed by atoms with van der Waals surface area (Å²) in [6, 6.07) is 15.4. The fourth-order valence-electron chi connectivity index (χ4n) is 4.40. The van der Waals surface area contributed by atoms with Crippen LogP contribution in [-0.2, 0) is 6.54 Å². The summed E-state index contributed by atoms with van der Waals surface area (Å²) in [6.07, 6.45) is 4.88. The van der Waals surface area contributed by atoms with Gasteiger partial charge in [0.15, 0.2) is 0 Å². The Kier molecular flexibility index (Phi) is 8.07. The van der Waals surface area contributed by atoms with Crippen LogP contribution in [0.4, 0.5) is 0 Å². The van der Waals surface area contributed by atoms with E-state index >= 15 is 0 Å². The quantitative estimate of drug-likeness (QED) is 0.372. The van der Waals surface area contributed by atoms with Crippen molar-refractivity contribution in [1.29, 1.82) is 0 Å². The van der Waals surface area contributed by atoms with Gasteiger partial charge in [-0.3, -0.25) is 9.78 Å². The standard InChI is InChI=1S/C28H34ClN3O2/c1-20(2)12-15-31-16-13-24(14-17-31)32(28(33)26-10-4-21(3)18-30-26)19-25-9-11-27(34-25)22-5-7-23(29)8-6-22/h4-11,18,20,24H,12-17,19H2,1-3H3. The lowest BCUT2D eigenvalue weighted by Crippen LogP contribution is -2.47. The first-order valence-electron chi connectivity index (χ1n) is 12.2. The van der Waals surface area contributed by atoms with Gasteiger partial charge in [-0.15, -0.1) is 0 Å². The molecule has 3 aromatic rings. The van der Waals surface area contributed by atoms with E-state index in [0.717, 1.165) is 55.1 Å². The van der Waals surface area contributed by atoms with Crippen LogP contribution in [0, 0.1) is 12.8 Å². The number of piperidine rings is 1. The maximum atomic E-state index is 13.6. The van der Waals surface area contributed by atoms with E-state index in [4.69, 9.17) is 16.0 Å². The maximum absolute atomic E-state index is 13.6. The van der Waals surface area contributed by atoms with Crippen LogP contribution < -0.4 is 0 Å². The topological polar surface area (TPSA) is 49.6 Å². The van der Waals surface area contributed by atoms with Crippen molar-refractivity contribution in [3.8, 4) is 11.3 Å². The Morgan fingerprint density at radius 2 is 1.85 bits per heavy atom. The van der Waals surface area contributed by atoms with Crippen LogP contribution in [0.5, 0.6) is 0 Å². The molecule has 34 heavy (non-hydrogen) atoms. The molecule has 3 heterocycles. The zero-order valence-corrected chi connectivity index (χ0v) is 21.1. The van der Waals surface area contributed by atoms with Gasteiger partial charge in [0.2, 0.25) is 0 Å². The second-order valence-electron chi connectivity index (χ2n) is 9.68. The Labute approximate surface area is 207 Å². The van der Waals surface area contributed by atoms with Gasteiger partial charge in [0.05, 0.1) is 6.54 Å². The molecule has 1 fully saturated rings. The number of aromatic nitrogens is 1. The first-order valence-corrected chi connectivity index (χ1v) is 12.6. The molecule has 6 heteroatoms. The number of hydrogen-bond donors (Lipinski definition) is 0. The summed E-state index contributed by atoms with van der Waals surface area (Å²) in [5.41, 5.74) is 2.49. The zero-order valence-electron chi connectivity index (χ0n) is 20.3. The lowest BCUT2D eigenvalue weighted by Gasteiger charge is -2.38. The molecule has 4 rings (SSSR count). The summed E-state index contributed by atoms with van der Waals surface area (Å²) in [6.45, 7) is 10.1. The number of carbonyl (C=O) groups is 1. The summed E-state index contributed by atoms with van der Waals surface area (Å²) in [5, 5.41) is 0.692. The van der Waals surface area contributed by atoms with Gasteiger partial charge in [-0.1, -0.05) is 31.5 Å². The Bertz CT molecular complexity index is 1070. The van der Waals surface area contributed by atoms with Gasteiger partial charge in [0.1, 0.15) is 17.2 Å². The molecule has 0 aliphatic carbocycles. The number of benzene rings is 1. The second-order valence-corrected chi connectivity index (χ2v) is 10.1. The molecule has 0 bridgehead atoms. The van der Waals surface area contributed by atoms with Gasteiger partial charge < -0.3 is 14.2 Å². The van der Waals surface area contributed by atoms with Crippen LogP contribution in [0.1, 0.15) is 54.9 Å². The number of likely N-dealkylation sites (tertiary alicyclic amines) is 1. The molecule has 5 nitrogen and oxygen atoms in total. The van der Waals surface area contributed by atoms with Gasteiger partial charge in [-0.25, -0.2) is 0 Å². The molecule has 1 aliphatic rings. The first kappa shape index (κ1) is 24.5. The van der Waals surface area contributed by atoms with Gasteiger partial charge in [0.25, 0.3) is 5.91 Å². The predicted octanol–water partition coefficient (Wildman–Crippen LogP) is 6.46. The van der Waals surface area contributed by atoms with Gasteiger partial charge in [0, 0.05) is 35.9 Å². The van der Waals surface area contributed by atoms with Crippen LogP contribution in [-0.4, -0.2) is 46.4 Å². The van der Waals surface area contributed by atoms with Crippen LogP contribution in [0.15, 0.2) is 59.1 Å².